The zero-order chi connectivity index (χ0) is 19.3. The molecule has 4 aromatic rings. The summed E-state index contributed by atoms with van der Waals surface area (Å²) in [6, 6.07) is 9.62. The van der Waals surface area contributed by atoms with Crippen LogP contribution in [0.1, 0.15) is 11.4 Å². The summed E-state index contributed by atoms with van der Waals surface area (Å²) >= 11 is 6.04. The standard InChI is InChI=1S/C19H18ClN7O.ClH/c20-13-3-1-2-12(10-13)4-5-16-21-7-6-15(24-16)17-14-11-23-19(22-8-9-28)25-18(14)27-26-17;/h1-3,6-7,10-11,28H,4-5,8-9H2,(H2,22,23,25,26,27);1H. The Bertz CT molecular complexity index is 1100. The van der Waals surface area contributed by atoms with Gasteiger partial charge in [-0.1, -0.05) is 23.7 Å². The fourth-order valence-electron chi connectivity index (χ4n) is 2.86. The van der Waals surface area contributed by atoms with Crippen molar-refractivity contribution < 1.29 is 5.11 Å². The molecule has 8 nitrogen and oxygen atoms in total. The molecule has 0 aliphatic carbocycles. The number of anilines is 1. The molecule has 0 aliphatic heterocycles. The van der Waals surface area contributed by atoms with E-state index in [9.17, 15) is 0 Å². The van der Waals surface area contributed by atoms with Crippen molar-refractivity contribution >= 4 is 41.0 Å². The van der Waals surface area contributed by atoms with E-state index in [0.29, 0.717) is 24.6 Å². The number of hydrogen-bond donors (Lipinski definition) is 3. The molecule has 0 amide bonds. The number of aromatic amines is 1. The number of aryl methyl sites for hydroxylation is 2. The largest absolute Gasteiger partial charge is 0.395 e. The molecule has 0 unspecified atom stereocenters. The van der Waals surface area contributed by atoms with Crippen molar-refractivity contribution in [3.8, 4) is 11.4 Å². The van der Waals surface area contributed by atoms with Gasteiger partial charge in [0.05, 0.1) is 23.4 Å². The van der Waals surface area contributed by atoms with Crippen molar-refractivity contribution in [3.63, 3.8) is 0 Å². The number of rotatable bonds is 7. The third kappa shape index (κ3) is 4.97. The minimum Gasteiger partial charge on any atom is -0.395 e. The highest BCUT2D eigenvalue weighted by molar-refractivity contribution is 6.30. The van der Waals surface area contributed by atoms with E-state index in [2.05, 4.69) is 35.5 Å². The molecular formula is C19H19Cl2N7O. The molecule has 0 atom stereocenters. The molecule has 29 heavy (non-hydrogen) atoms. The van der Waals surface area contributed by atoms with Gasteiger partial charge in [-0.2, -0.15) is 10.1 Å². The Morgan fingerprint density at radius 1 is 1.10 bits per heavy atom. The van der Waals surface area contributed by atoms with Gasteiger partial charge in [-0.25, -0.2) is 15.0 Å². The first-order chi connectivity index (χ1) is 13.7. The predicted octanol–water partition coefficient (Wildman–Crippen LogP) is 3.07. The van der Waals surface area contributed by atoms with Gasteiger partial charge in [-0.05, 0) is 30.2 Å². The molecule has 150 valence electrons. The van der Waals surface area contributed by atoms with Crippen molar-refractivity contribution in [1.82, 2.24) is 30.1 Å². The highest BCUT2D eigenvalue weighted by atomic mass is 35.5. The van der Waals surface area contributed by atoms with Gasteiger partial charge in [0, 0.05) is 30.4 Å². The Morgan fingerprint density at radius 2 is 2.00 bits per heavy atom. The number of nitrogens with zero attached hydrogens (tertiary/aromatic N) is 5. The Balaban J connectivity index is 0.00000240. The minimum atomic E-state index is 0. The monoisotopic (exact) mass is 431 g/mol. The van der Waals surface area contributed by atoms with Crippen LogP contribution in [0.25, 0.3) is 22.4 Å². The van der Waals surface area contributed by atoms with Crippen LogP contribution in [-0.4, -0.2) is 48.4 Å². The molecule has 0 saturated heterocycles. The molecule has 3 aromatic heterocycles. The first-order valence-electron chi connectivity index (χ1n) is 8.85. The number of aliphatic hydroxyl groups is 1. The summed E-state index contributed by atoms with van der Waals surface area (Å²) in [6.45, 7) is 0.386. The highest BCUT2D eigenvalue weighted by Crippen LogP contribution is 2.24. The summed E-state index contributed by atoms with van der Waals surface area (Å²) in [4.78, 5) is 17.6. The summed E-state index contributed by atoms with van der Waals surface area (Å²) in [7, 11) is 0. The van der Waals surface area contributed by atoms with Crippen molar-refractivity contribution in [2.24, 2.45) is 0 Å². The summed E-state index contributed by atoms with van der Waals surface area (Å²) in [5.41, 5.74) is 3.16. The summed E-state index contributed by atoms with van der Waals surface area (Å²) in [5, 5.41) is 20.5. The maximum absolute atomic E-state index is 8.89. The van der Waals surface area contributed by atoms with Crippen molar-refractivity contribution in [3.05, 3.63) is 59.1 Å². The quantitative estimate of drug-likeness (QED) is 0.411. The van der Waals surface area contributed by atoms with Gasteiger partial charge in [0.25, 0.3) is 0 Å². The second kappa shape index (κ2) is 9.60. The Labute approximate surface area is 178 Å². The Morgan fingerprint density at radius 3 is 2.83 bits per heavy atom. The van der Waals surface area contributed by atoms with E-state index in [1.54, 1.807) is 12.4 Å². The van der Waals surface area contributed by atoms with Crippen LogP contribution in [0.5, 0.6) is 0 Å². The van der Waals surface area contributed by atoms with Crippen LogP contribution in [-0.2, 0) is 12.8 Å². The highest BCUT2D eigenvalue weighted by Gasteiger charge is 2.12. The van der Waals surface area contributed by atoms with E-state index in [0.717, 1.165) is 39.6 Å². The van der Waals surface area contributed by atoms with Gasteiger partial charge < -0.3 is 10.4 Å². The maximum atomic E-state index is 8.89. The van der Waals surface area contributed by atoms with Gasteiger partial charge in [0.1, 0.15) is 5.82 Å². The lowest BCUT2D eigenvalue weighted by atomic mass is 10.1. The van der Waals surface area contributed by atoms with E-state index in [1.807, 2.05) is 30.3 Å². The molecule has 4 rings (SSSR count). The number of halogens is 2. The van der Waals surface area contributed by atoms with Gasteiger partial charge >= 0.3 is 0 Å². The molecule has 0 aliphatic rings. The second-order valence-corrected chi connectivity index (χ2v) is 6.60. The summed E-state index contributed by atoms with van der Waals surface area (Å²) in [6.07, 6.45) is 4.93. The summed E-state index contributed by atoms with van der Waals surface area (Å²) in [5.74, 6) is 1.16. The number of aromatic nitrogens is 6. The van der Waals surface area contributed by atoms with Crippen LogP contribution >= 0.6 is 24.0 Å². The number of H-pyrrole nitrogens is 1. The number of benzene rings is 1. The average Bonchev–Trinajstić information content (AvgIpc) is 3.14. The van der Waals surface area contributed by atoms with E-state index >= 15 is 0 Å². The average molecular weight is 432 g/mol. The SMILES string of the molecule is Cl.OCCNc1ncc2c(-c3ccnc(CCc4cccc(Cl)c4)n3)[nH]nc2n1. The smallest absolute Gasteiger partial charge is 0.224 e. The van der Waals surface area contributed by atoms with Gasteiger partial charge in [0.15, 0.2) is 5.65 Å². The van der Waals surface area contributed by atoms with E-state index in [4.69, 9.17) is 16.7 Å². The Hall–Kier alpha value is -2.81. The van der Waals surface area contributed by atoms with Crippen LogP contribution in [0.3, 0.4) is 0 Å². The maximum Gasteiger partial charge on any atom is 0.224 e. The fraction of sp³-hybridized carbons (Fsp3) is 0.211. The van der Waals surface area contributed by atoms with Gasteiger partial charge in [0.2, 0.25) is 5.95 Å². The third-order valence-corrected chi connectivity index (χ3v) is 4.43. The van der Waals surface area contributed by atoms with Crippen LogP contribution in [0.2, 0.25) is 5.02 Å². The van der Waals surface area contributed by atoms with E-state index < -0.39 is 0 Å². The number of aliphatic hydroxyl groups excluding tert-OH is 1. The van der Waals surface area contributed by atoms with Crippen LogP contribution in [0.4, 0.5) is 5.95 Å². The molecule has 0 radical (unpaired) electrons. The predicted molar refractivity (Wildman–Crippen MR) is 114 cm³/mol. The molecule has 3 N–H and O–H groups in total. The van der Waals surface area contributed by atoms with Crippen LogP contribution in [0, 0.1) is 0 Å². The van der Waals surface area contributed by atoms with Crippen LogP contribution in [0.15, 0.2) is 42.7 Å². The summed E-state index contributed by atoms with van der Waals surface area (Å²) < 4.78 is 0. The number of hydrogen-bond acceptors (Lipinski definition) is 7. The molecule has 3 heterocycles. The van der Waals surface area contributed by atoms with Crippen molar-refractivity contribution in [2.45, 2.75) is 12.8 Å². The Kier molecular flexibility index (Phi) is 6.92. The molecule has 0 spiro atoms. The van der Waals surface area contributed by atoms with E-state index in [1.165, 1.54) is 0 Å². The van der Waals surface area contributed by atoms with Gasteiger partial charge in [-0.15, -0.1) is 12.4 Å². The molecule has 1 aromatic carbocycles. The zero-order valence-electron chi connectivity index (χ0n) is 15.3. The fourth-order valence-corrected chi connectivity index (χ4v) is 3.07. The lowest BCUT2D eigenvalue weighted by Gasteiger charge is -2.04. The third-order valence-electron chi connectivity index (χ3n) is 4.19. The molecule has 0 saturated carbocycles. The second-order valence-electron chi connectivity index (χ2n) is 6.17. The molecule has 0 bridgehead atoms. The normalized spacial score (nSPS) is 10.7. The van der Waals surface area contributed by atoms with Crippen LogP contribution < -0.4 is 5.32 Å². The zero-order valence-corrected chi connectivity index (χ0v) is 16.9. The molecule has 10 heteroatoms. The van der Waals surface area contributed by atoms with E-state index in [-0.39, 0.29) is 19.0 Å². The lowest BCUT2D eigenvalue weighted by Crippen LogP contribution is -2.08. The van der Waals surface area contributed by atoms with Crippen molar-refractivity contribution in [2.75, 3.05) is 18.5 Å². The number of nitrogens with one attached hydrogen (secondary N) is 2. The lowest BCUT2D eigenvalue weighted by molar-refractivity contribution is 0.311. The minimum absolute atomic E-state index is 0. The first-order valence-corrected chi connectivity index (χ1v) is 9.23. The first kappa shape index (κ1) is 20.9. The molecular weight excluding hydrogens is 413 g/mol. The topological polar surface area (TPSA) is 112 Å². The molecule has 0 fully saturated rings. The number of fused-ring (bicyclic) bond motifs is 1. The van der Waals surface area contributed by atoms with Crippen molar-refractivity contribution in [1.29, 1.82) is 0 Å². The van der Waals surface area contributed by atoms with Gasteiger partial charge in [-0.3, -0.25) is 5.10 Å².